The Labute approximate surface area is 181 Å². The highest BCUT2D eigenvalue weighted by molar-refractivity contribution is 5.89. The quantitative estimate of drug-likeness (QED) is 0.671. The smallest absolute Gasteiger partial charge is 0.321 e. The molecule has 3 aromatic rings. The van der Waals surface area contributed by atoms with Crippen molar-refractivity contribution in [2.24, 2.45) is 0 Å². The van der Waals surface area contributed by atoms with Crippen LogP contribution >= 0.6 is 0 Å². The Balaban J connectivity index is 1.42. The molecule has 0 bridgehead atoms. The minimum atomic E-state index is -0.132. The predicted octanol–water partition coefficient (Wildman–Crippen LogP) is 3.62. The van der Waals surface area contributed by atoms with Gasteiger partial charge in [0.25, 0.3) is 5.89 Å². The van der Waals surface area contributed by atoms with Crippen LogP contribution in [0.15, 0.2) is 47.0 Å². The number of carbonyl (C=O) groups excluding carboxylic acids is 1. The highest BCUT2D eigenvalue weighted by atomic mass is 16.5. The number of anilines is 2. The van der Waals surface area contributed by atoms with Gasteiger partial charge in [0.1, 0.15) is 11.6 Å². The molecule has 31 heavy (non-hydrogen) atoms. The van der Waals surface area contributed by atoms with Gasteiger partial charge >= 0.3 is 6.03 Å². The van der Waals surface area contributed by atoms with Gasteiger partial charge in [0.2, 0.25) is 5.89 Å². The number of pyridine rings is 1. The molecule has 4 rings (SSSR count). The molecule has 0 radical (unpaired) electrons. The fourth-order valence-corrected chi connectivity index (χ4v) is 3.42. The van der Waals surface area contributed by atoms with Crippen LogP contribution in [0.5, 0.6) is 5.75 Å². The number of hydrogen-bond donors (Lipinski definition) is 1. The Morgan fingerprint density at radius 2 is 1.94 bits per heavy atom. The maximum Gasteiger partial charge on any atom is 0.321 e. The van der Waals surface area contributed by atoms with Crippen LogP contribution in [0.4, 0.5) is 16.3 Å². The molecular formula is C22H26N6O3. The number of nitrogens with zero attached hydrogens (tertiary/aromatic N) is 5. The second-order valence-electron chi connectivity index (χ2n) is 7.61. The molecule has 1 N–H and O–H groups in total. The minimum Gasteiger partial charge on any atom is -0.497 e. The second-order valence-corrected chi connectivity index (χ2v) is 7.61. The van der Waals surface area contributed by atoms with Crippen molar-refractivity contribution in [3.8, 4) is 17.2 Å². The summed E-state index contributed by atoms with van der Waals surface area (Å²) in [4.78, 5) is 21.2. The standard InChI is InChI=1S/C22H26N6O3/c1-15(2)20-25-26-21(31-20)18-8-5-9-23-19(18)27-10-12-28(13-11-27)22(29)24-16-6-4-7-17(14-16)30-3/h4-9,14-15H,10-13H2,1-3H3,(H,24,29). The van der Waals surface area contributed by atoms with Crippen LogP contribution in [0.2, 0.25) is 0 Å². The highest BCUT2D eigenvalue weighted by Crippen LogP contribution is 2.29. The van der Waals surface area contributed by atoms with Crippen molar-refractivity contribution in [2.75, 3.05) is 43.5 Å². The van der Waals surface area contributed by atoms with Crippen LogP contribution < -0.4 is 15.0 Å². The van der Waals surface area contributed by atoms with Gasteiger partial charge in [-0.1, -0.05) is 19.9 Å². The summed E-state index contributed by atoms with van der Waals surface area (Å²) >= 11 is 0. The van der Waals surface area contributed by atoms with Gasteiger partial charge in [0.05, 0.1) is 12.7 Å². The van der Waals surface area contributed by atoms with Crippen LogP contribution in [0.3, 0.4) is 0 Å². The van der Waals surface area contributed by atoms with Crippen LogP contribution in [0.1, 0.15) is 25.7 Å². The van der Waals surface area contributed by atoms with Gasteiger partial charge in [-0.05, 0) is 24.3 Å². The second kappa shape index (κ2) is 9.03. The van der Waals surface area contributed by atoms with E-state index in [9.17, 15) is 4.79 Å². The van der Waals surface area contributed by atoms with Crippen molar-refractivity contribution in [1.29, 1.82) is 0 Å². The van der Waals surface area contributed by atoms with E-state index < -0.39 is 0 Å². The minimum absolute atomic E-state index is 0.132. The van der Waals surface area contributed by atoms with Crippen LogP contribution in [0.25, 0.3) is 11.5 Å². The van der Waals surface area contributed by atoms with E-state index in [4.69, 9.17) is 9.15 Å². The lowest BCUT2D eigenvalue weighted by Gasteiger charge is -2.35. The van der Waals surface area contributed by atoms with Crippen LogP contribution in [0, 0.1) is 0 Å². The summed E-state index contributed by atoms with van der Waals surface area (Å²) in [5.41, 5.74) is 1.51. The van der Waals surface area contributed by atoms with Gasteiger partial charge in [-0.25, -0.2) is 9.78 Å². The van der Waals surface area contributed by atoms with Gasteiger partial charge in [0, 0.05) is 50.0 Å². The summed E-state index contributed by atoms with van der Waals surface area (Å²) < 4.78 is 11.0. The molecule has 0 aliphatic carbocycles. The van der Waals surface area contributed by atoms with Crippen molar-refractivity contribution in [3.63, 3.8) is 0 Å². The Morgan fingerprint density at radius 3 is 2.65 bits per heavy atom. The number of piperazine rings is 1. The first-order valence-corrected chi connectivity index (χ1v) is 10.3. The number of urea groups is 1. The lowest BCUT2D eigenvalue weighted by Crippen LogP contribution is -2.50. The van der Waals surface area contributed by atoms with Gasteiger partial charge in [-0.3, -0.25) is 0 Å². The summed E-state index contributed by atoms with van der Waals surface area (Å²) in [5, 5.41) is 11.3. The number of benzene rings is 1. The Bertz CT molecular complexity index is 1040. The lowest BCUT2D eigenvalue weighted by atomic mass is 10.2. The number of amides is 2. The highest BCUT2D eigenvalue weighted by Gasteiger charge is 2.25. The molecule has 2 aromatic heterocycles. The molecule has 1 fully saturated rings. The molecule has 1 aliphatic rings. The van der Waals surface area contributed by atoms with E-state index in [1.807, 2.05) is 44.2 Å². The number of hydrogen-bond acceptors (Lipinski definition) is 7. The number of methoxy groups -OCH3 is 1. The summed E-state index contributed by atoms with van der Waals surface area (Å²) in [6, 6.07) is 11.0. The fraction of sp³-hybridized carbons (Fsp3) is 0.364. The van der Waals surface area contributed by atoms with E-state index in [1.54, 1.807) is 24.3 Å². The molecule has 3 heterocycles. The van der Waals surface area contributed by atoms with Crippen molar-refractivity contribution in [3.05, 3.63) is 48.5 Å². The molecule has 0 saturated carbocycles. The zero-order valence-electron chi connectivity index (χ0n) is 17.9. The monoisotopic (exact) mass is 422 g/mol. The van der Waals surface area contributed by atoms with E-state index in [2.05, 4.69) is 25.4 Å². The predicted molar refractivity (Wildman–Crippen MR) is 117 cm³/mol. The molecule has 0 atom stereocenters. The third kappa shape index (κ3) is 4.60. The molecule has 9 heteroatoms. The van der Waals surface area contributed by atoms with Crippen molar-refractivity contribution < 1.29 is 13.9 Å². The van der Waals surface area contributed by atoms with E-state index in [0.717, 1.165) is 11.4 Å². The third-order valence-electron chi connectivity index (χ3n) is 5.14. The number of ether oxygens (including phenoxy) is 1. The largest absolute Gasteiger partial charge is 0.497 e. The molecule has 0 spiro atoms. The maximum atomic E-state index is 12.7. The number of rotatable bonds is 5. The Kier molecular flexibility index (Phi) is 6.01. The van der Waals surface area contributed by atoms with E-state index >= 15 is 0 Å². The lowest BCUT2D eigenvalue weighted by molar-refractivity contribution is 0.208. The molecule has 1 aliphatic heterocycles. The first kappa shape index (κ1) is 20.6. The van der Waals surface area contributed by atoms with E-state index in [0.29, 0.717) is 49.4 Å². The SMILES string of the molecule is COc1cccc(NC(=O)N2CCN(c3ncccc3-c3nnc(C(C)C)o3)CC2)c1. The molecule has 0 unspecified atom stereocenters. The van der Waals surface area contributed by atoms with Gasteiger partial charge in [0.15, 0.2) is 0 Å². The molecule has 9 nitrogen and oxygen atoms in total. The zero-order valence-corrected chi connectivity index (χ0v) is 17.9. The molecule has 1 aromatic carbocycles. The summed E-state index contributed by atoms with van der Waals surface area (Å²) in [7, 11) is 1.60. The molecule has 2 amide bonds. The number of carbonyl (C=O) groups is 1. The van der Waals surface area contributed by atoms with Crippen molar-refractivity contribution in [2.45, 2.75) is 19.8 Å². The van der Waals surface area contributed by atoms with Crippen LogP contribution in [-0.2, 0) is 0 Å². The third-order valence-corrected chi connectivity index (χ3v) is 5.14. The average molecular weight is 422 g/mol. The maximum absolute atomic E-state index is 12.7. The van der Waals surface area contributed by atoms with Crippen LogP contribution in [-0.4, -0.2) is 59.4 Å². The van der Waals surface area contributed by atoms with Crippen molar-refractivity contribution in [1.82, 2.24) is 20.1 Å². The molecule has 1 saturated heterocycles. The fourth-order valence-electron chi connectivity index (χ4n) is 3.42. The Hall–Kier alpha value is -3.62. The van der Waals surface area contributed by atoms with Crippen molar-refractivity contribution >= 4 is 17.5 Å². The summed E-state index contributed by atoms with van der Waals surface area (Å²) in [6.07, 6.45) is 1.75. The van der Waals surface area contributed by atoms with Gasteiger partial charge in [-0.2, -0.15) is 0 Å². The molecular weight excluding hydrogens is 396 g/mol. The molecule has 162 valence electrons. The average Bonchev–Trinajstić information content (AvgIpc) is 3.30. The number of nitrogens with one attached hydrogen (secondary N) is 1. The topological polar surface area (TPSA) is 96.6 Å². The number of aromatic nitrogens is 3. The van der Waals surface area contributed by atoms with E-state index in [-0.39, 0.29) is 11.9 Å². The first-order chi connectivity index (χ1) is 15.0. The summed E-state index contributed by atoms with van der Waals surface area (Å²) in [5.74, 6) is 2.71. The van der Waals surface area contributed by atoms with E-state index in [1.165, 1.54) is 0 Å². The zero-order chi connectivity index (χ0) is 21.8. The Morgan fingerprint density at radius 1 is 1.13 bits per heavy atom. The first-order valence-electron chi connectivity index (χ1n) is 10.3. The van der Waals surface area contributed by atoms with Gasteiger partial charge < -0.3 is 24.3 Å². The normalized spacial score (nSPS) is 14.1. The van der Waals surface area contributed by atoms with Gasteiger partial charge in [-0.15, -0.1) is 10.2 Å². The summed E-state index contributed by atoms with van der Waals surface area (Å²) in [6.45, 7) is 6.48.